The highest BCUT2D eigenvalue weighted by molar-refractivity contribution is 6.32. The minimum atomic E-state index is -0.353. The van der Waals surface area contributed by atoms with E-state index in [1.165, 1.54) is 31.3 Å². The number of rotatable bonds is 6. The Balaban J connectivity index is 2.12. The van der Waals surface area contributed by atoms with Crippen molar-refractivity contribution in [2.45, 2.75) is 13.8 Å². The van der Waals surface area contributed by atoms with Gasteiger partial charge in [0.15, 0.2) is 11.5 Å². The Hall–Kier alpha value is -2.73. The Labute approximate surface area is 164 Å². The van der Waals surface area contributed by atoms with Gasteiger partial charge in [0, 0.05) is 18.3 Å². The van der Waals surface area contributed by atoms with Gasteiger partial charge in [0.1, 0.15) is 0 Å². The first-order chi connectivity index (χ1) is 12.8. The van der Waals surface area contributed by atoms with Gasteiger partial charge in [-0.05, 0) is 43.2 Å². The molecule has 0 spiro atoms. The van der Waals surface area contributed by atoms with E-state index in [0.29, 0.717) is 17.1 Å². The molecule has 0 unspecified atom stereocenters. The Bertz CT molecular complexity index is 867. The third-order valence-corrected chi connectivity index (χ3v) is 4.57. The number of hydrogen-bond acceptors (Lipinski definition) is 4. The molecule has 2 aromatic rings. The molecular weight excluding hydrogens is 368 g/mol. The lowest BCUT2D eigenvalue weighted by Gasteiger charge is -2.19. The molecule has 0 aliphatic heterocycles. The highest BCUT2D eigenvalue weighted by Gasteiger charge is 2.20. The topological polar surface area (TPSA) is 67.9 Å². The van der Waals surface area contributed by atoms with Crippen LogP contribution in [0.5, 0.6) is 11.5 Å². The minimum Gasteiger partial charge on any atom is -0.493 e. The molecule has 2 amide bonds. The third-order valence-electron chi connectivity index (χ3n) is 4.29. The van der Waals surface area contributed by atoms with E-state index in [0.717, 1.165) is 16.8 Å². The molecular formula is C20H23ClN2O4. The van der Waals surface area contributed by atoms with Crippen molar-refractivity contribution in [2.24, 2.45) is 0 Å². The number of halogens is 1. The Morgan fingerprint density at radius 3 is 2.48 bits per heavy atom. The number of ether oxygens (including phenoxy) is 2. The van der Waals surface area contributed by atoms with E-state index in [-0.39, 0.29) is 23.4 Å². The molecule has 144 valence electrons. The van der Waals surface area contributed by atoms with Crippen LogP contribution in [0.3, 0.4) is 0 Å². The van der Waals surface area contributed by atoms with Crippen LogP contribution < -0.4 is 14.8 Å². The van der Waals surface area contributed by atoms with Gasteiger partial charge in [-0.25, -0.2) is 0 Å². The maximum Gasteiger partial charge on any atom is 0.254 e. The van der Waals surface area contributed by atoms with Gasteiger partial charge in [-0.2, -0.15) is 0 Å². The molecule has 7 heteroatoms. The lowest BCUT2D eigenvalue weighted by Crippen LogP contribution is -2.35. The molecule has 0 atom stereocenters. The number of carbonyl (C=O) groups excluding carboxylic acids is 2. The summed E-state index contributed by atoms with van der Waals surface area (Å²) in [7, 11) is 4.48. The summed E-state index contributed by atoms with van der Waals surface area (Å²) in [5.74, 6) is 0.0627. The highest BCUT2D eigenvalue weighted by Crippen LogP contribution is 2.36. The van der Waals surface area contributed by atoms with Crippen LogP contribution in [0.1, 0.15) is 21.5 Å². The monoisotopic (exact) mass is 390 g/mol. The van der Waals surface area contributed by atoms with E-state index in [2.05, 4.69) is 5.32 Å². The summed E-state index contributed by atoms with van der Waals surface area (Å²) >= 11 is 6.15. The van der Waals surface area contributed by atoms with Gasteiger partial charge < -0.3 is 19.7 Å². The van der Waals surface area contributed by atoms with Crippen LogP contribution in [0.4, 0.5) is 5.69 Å². The van der Waals surface area contributed by atoms with Crippen LogP contribution in [0.2, 0.25) is 5.02 Å². The summed E-state index contributed by atoms with van der Waals surface area (Å²) in [4.78, 5) is 26.3. The molecule has 0 heterocycles. The van der Waals surface area contributed by atoms with Crippen LogP contribution in [0, 0.1) is 13.8 Å². The molecule has 0 aliphatic carbocycles. The molecule has 0 aromatic heterocycles. The number of benzene rings is 2. The van der Waals surface area contributed by atoms with Crippen molar-refractivity contribution < 1.29 is 19.1 Å². The molecule has 0 radical (unpaired) electrons. The highest BCUT2D eigenvalue weighted by atomic mass is 35.5. The molecule has 0 saturated carbocycles. The van der Waals surface area contributed by atoms with Crippen molar-refractivity contribution in [1.29, 1.82) is 0 Å². The fourth-order valence-electron chi connectivity index (χ4n) is 2.63. The summed E-state index contributed by atoms with van der Waals surface area (Å²) in [6.07, 6.45) is 0. The molecule has 0 aliphatic rings. The van der Waals surface area contributed by atoms with Crippen LogP contribution in [-0.4, -0.2) is 44.5 Å². The molecule has 27 heavy (non-hydrogen) atoms. The quantitative estimate of drug-likeness (QED) is 0.816. The SMILES string of the molecule is COc1cc(C(=O)N(C)CC(=O)Nc2cccc(C)c2C)cc(Cl)c1OC. The molecule has 0 fully saturated rings. The van der Waals surface area contributed by atoms with E-state index in [1.807, 2.05) is 32.0 Å². The Kier molecular flexibility index (Phi) is 6.69. The average molecular weight is 391 g/mol. The van der Waals surface area contributed by atoms with Crippen LogP contribution in [-0.2, 0) is 4.79 Å². The number of nitrogens with one attached hydrogen (secondary N) is 1. The Morgan fingerprint density at radius 2 is 1.85 bits per heavy atom. The largest absolute Gasteiger partial charge is 0.493 e. The van der Waals surface area contributed by atoms with E-state index >= 15 is 0 Å². The first kappa shape index (κ1) is 20.6. The molecule has 0 saturated heterocycles. The maximum absolute atomic E-state index is 12.7. The number of amides is 2. The Morgan fingerprint density at radius 1 is 1.15 bits per heavy atom. The minimum absolute atomic E-state index is 0.0990. The van der Waals surface area contributed by atoms with E-state index in [1.54, 1.807) is 7.05 Å². The second kappa shape index (κ2) is 8.77. The summed E-state index contributed by atoms with van der Waals surface area (Å²) in [6.45, 7) is 3.81. The second-order valence-electron chi connectivity index (χ2n) is 6.15. The molecule has 6 nitrogen and oxygen atoms in total. The van der Waals surface area contributed by atoms with Gasteiger partial charge in [0.25, 0.3) is 5.91 Å². The summed E-state index contributed by atoms with van der Waals surface area (Å²) in [5, 5.41) is 3.09. The van der Waals surface area contributed by atoms with Crippen LogP contribution >= 0.6 is 11.6 Å². The van der Waals surface area contributed by atoms with Crippen molar-refractivity contribution >= 4 is 29.1 Å². The van der Waals surface area contributed by atoms with Crippen molar-refractivity contribution in [3.63, 3.8) is 0 Å². The van der Waals surface area contributed by atoms with Crippen molar-refractivity contribution in [3.05, 3.63) is 52.0 Å². The standard InChI is InChI=1S/C20H23ClN2O4/c1-12-7-6-8-16(13(12)2)22-18(24)11-23(3)20(25)14-9-15(21)19(27-5)17(10-14)26-4/h6-10H,11H2,1-5H3,(H,22,24). The summed E-state index contributed by atoms with van der Waals surface area (Å²) < 4.78 is 10.4. The zero-order chi connectivity index (χ0) is 20.1. The van der Waals surface area contributed by atoms with Gasteiger partial charge in [0.2, 0.25) is 5.91 Å². The van der Waals surface area contributed by atoms with Crippen molar-refractivity contribution in [3.8, 4) is 11.5 Å². The zero-order valence-corrected chi connectivity index (χ0v) is 16.8. The zero-order valence-electron chi connectivity index (χ0n) is 16.1. The van der Waals surface area contributed by atoms with Crippen molar-refractivity contribution in [2.75, 3.05) is 33.1 Å². The van der Waals surface area contributed by atoms with Crippen molar-refractivity contribution in [1.82, 2.24) is 4.90 Å². The summed E-state index contributed by atoms with van der Waals surface area (Å²) in [5.41, 5.74) is 3.11. The predicted octanol–water partition coefficient (Wildman–Crippen LogP) is 3.68. The first-order valence-corrected chi connectivity index (χ1v) is 8.69. The summed E-state index contributed by atoms with van der Waals surface area (Å²) in [6, 6.07) is 8.70. The number of methoxy groups -OCH3 is 2. The predicted molar refractivity (Wildman–Crippen MR) is 106 cm³/mol. The number of nitrogens with zero attached hydrogens (tertiary/aromatic N) is 1. The fraction of sp³-hybridized carbons (Fsp3) is 0.300. The number of likely N-dealkylation sites (N-methyl/N-ethyl adjacent to an activating group) is 1. The van der Waals surface area contributed by atoms with E-state index < -0.39 is 0 Å². The lowest BCUT2D eigenvalue weighted by atomic mass is 10.1. The van der Waals surface area contributed by atoms with Crippen LogP contribution in [0.25, 0.3) is 0 Å². The smallest absolute Gasteiger partial charge is 0.254 e. The molecule has 2 aromatic carbocycles. The number of anilines is 1. The average Bonchev–Trinajstić information content (AvgIpc) is 2.63. The van der Waals surface area contributed by atoms with Gasteiger partial charge in [0.05, 0.1) is 25.8 Å². The number of aryl methyl sites for hydroxylation is 1. The molecule has 1 N–H and O–H groups in total. The normalized spacial score (nSPS) is 10.3. The van der Waals surface area contributed by atoms with Gasteiger partial charge in [-0.3, -0.25) is 9.59 Å². The van der Waals surface area contributed by atoms with Gasteiger partial charge in [-0.15, -0.1) is 0 Å². The molecule has 2 rings (SSSR count). The third kappa shape index (κ3) is 4.71. The molecule has 0 bridgehead atoms. The van der Waals surface area contributed by atoms with Gasteiger partial charge in [-0.1, -0.05) is 23.7 Å². The first-order valence-electron chi connectivity index (χ1n) is 8.31. The number of carbonyl (C=O) groups is 2. The van der Waals surface area contributed by atoms with E-state index in [9.17, 15) is 9.59 Å². The fourth-order valence-corrected chi connectivity index (χ4v) is 2.91. The second-order valence-corrected chi connectivity index (χ2v) is 6.56. The van der Waals surface area contributed by atoms with Crippen LogP contribution in [0.15, 0.2) is 30.3 Å². The number of hydrogen-bond donors (Lipinski definition) is 1. The van der Waals surface area contributed by atoms with Gasteiger partial charge >= 0.3 is 0 Å². The maximum atomic E-state index is 12.7. The van der Waals surface area contributed by atoms with E-state index in [4.69, 9.17) is 21.1 Å². The lowest BCUT2D eigenvalue weighted by molar-refractivity contribution is -0.116.